The minimum absolute atomic E-state index is 0.0921. The predicted molar refractivity (Wildman–Crippen MR) is 133 cm³/mol. The van der Waals surface area contributed by atoms with Crippen molar-refractivity contribution < 1.29 is 17.9 Å². The van der Waals surface area contributed by atoms with Crippen LogP contribution in [0.2, 0.25) is 0 Å². The fourth-order valence-electron chi connectivity index (χ4n) is 3.68. The van der Waals surface area contributed by atoms with Crippen molar-refractivity contribution in [1.82, 2.24) is 19.4 Å². The first kappa shape index (κ1) is 22.9. The van der Waals surface area contributed by atoms with Gasteiger partial charge in [0.05, 0.1) is 22.0 Å². The van der Waals surface area contributed by atoms with Crippen LogP contribution in [0.4, 0.5) is 10.3 Å². The van der Waals surface area contributed by atoms with E-state index in [0.717, 1.165) is 28.4 Å². The van der Waals surface area contributed by atoms with Crippen molar-refractivity contribution in [1.29, 1.82) is 0 Å². The number of aromatic nitrogens is 4. The molecule has 0 saturated carbocycles. The van der Waals surface area contributed by atoms with E-state index in [9.17, 15) is 17.9 Å². The Bertz CT molecular complexity index is 1600. The monoisotopic (exact) mass is 509 g/mol. The number of rotatable bonds is 8. The van der Waals surface area contributed by atoms with Crippen LogP contribution in [0.1, 0.15) is 6.42 Å². The number of phenols is 1. The Labute approximate surface area is 204 Å². The number of nitrogens with one attached hydrogen (secondary N) is 1. The summed E-state index contributed by atoms with van der Waals surface area (Å²) in [5.74, 6) is -0.0718. The zero-order valence-corrected chi connectivity index (χ0v) is 19.9. The van der Waals surface area contributed by atoms with Gasteiger partial charge in [0.25, 0.3) is 0 Å². The summed E-state index contributed by atoms with van der Waals surface area (Å²) in [5, 5.41) is 14.9. The molecule has 2 N–H and O–H groups in total. The van der Waals surface area contributed by atoms with E-state index in [-0.39, 0.29) is 16.4 Å². The fourth-order valence-corrected chi connectivity index (χ4v) is 5.71. The largest absolute Gasteiger partial charge is 0.508 e. The van der Waals surface area contributed by atoms with Crippen molar-refractivity contribution in [3.8, 4) is 28.4 Å². The molecule has 0 saturated heterocycles. The molecular weight excluding hydrogens is 489 g/mol. The molecule has 0 unspecified atom stereocenters. The molecule has 0 atom stereocenters. The maximum Gasteiger partial charge on any atom is 0.223 e. The van der Waals surface area contributed by atoms with E-state index in [1.165, 1.54) is 23.5 Å². The second kappa shape index (κ2) is 9.43. The van der Waals surface area contributed by atoms with Crippen LogP contribution in [0.5, 0.6) is 5.75 Å². The number of hydrogen-bond acceptors (Lipinski definition) is 8. The van der Waals surface area contributed by atoms with Crippen LogP contribution in [0.3, 0.4) is 0 Å². The summed E-state index contributed by atoms with van der Waals surface area (Å²) in [6.45, 7) is 0.337. The summed E-state index contributed by atoms with van der Waals surface area (Å²) in [5.41, 5.74) is 2.83. The first-order valence-electron chi connectivity index (χ1n) is 10.7. The lowest BCUT2D eigenvalue weighted by molar-refractivity contribution is 0.475. The van der Waals surface area contributed by atoms with Crippen molar-refractivity contribution in [3.63, 3.8) is 0 Å². The number of benzene rings is 2. The summed E-state index contributed by atoms with van der Waals surface area (Å²) in [6, 6.07) is 13.5. The number of sulfone groups is 1. The minimum atomic E-state index is -3.51. The fraction of sp³-hybridized carbons (Fsp3) is 0.125. The first-order valence-corrected chi connectivity index (χ1v) is 13.2. The number of halogens is 1. The third-order valence-electron chi connectivity index (χ3n) is 5.33. The molecule has 0 spiro atoms. The summed E-state index contributed by atoms with van der Waals surface area (Å²) >= 11 is 1.49. The van der Waals surface area contributed by atoms with Gasteiger partial charge >= 0.3 is 0 Å². The van der Waals surface area contributed by atoms with Crippen LogP contribution >= 0.6 is 11.3 Å². The summed E-state index contributed by atoms with van der Waals surface area (Å²) < 4.78 is 39.9. The molecule has 3 heterocycles. The Balaban J connectivity index is 1.34. The molecule has 0 bridgehead atoms. The van der Waals surface area contributed by atoms with Crippen molar-refractivity contribution in [3.05, 3.63) is 78.2 Å². The number of phenolic OH excluding ortho intramolecular Hbond substituents is 1. The van der Waals surface area contributed by atoms with E-state index in [0.29, 0.717) is 30.3 Å². The molecule has 2 aromatic carbocycles. The number of imidazole rings is 1. The number of thiazole rings is 1. The lowest BCUT2D eigenvalue weighted by Gasteiger charge is -2.09. The Morgan fingerprint density at radius 1 is 1.09 bits per heavy atom. The van der Waals surface area contributed by atoms with Crippen molar-refractivity contribution in [2.24, 2.45) is 0 Å². The normalized spacial score (nSPS) is 11.7. The Hall–Kier alpha value is -3.83. The van der Waals surface area contributed by atoms with Crippen molar-refractivity contribution in [2.45, 2.75) is 11.3 Å². The predicted octanol–water partition coefficient (Wildman–Crippen LogP) is 4.64. The van der Waals surface area contributed by atoms with Gasteiger partial charge in [-0.05, 0) is 48.9 Å². The van der Waals surface area contributed by atoms with Crippen LogP contribution in [-0.4, -0.2) is 45.2 Å². The van der Waals surface area contributed by atoms with E-state index in [4.69, 9.17) is 4.98 Å². The van der Waals surface area contributed by atoms with E-state index < -0.39 is 15.7 Å². The number of aromatic hydroxyl groups is 1. The van der Waals surface area contributed by atoms with Gasteiger partial charge in [-0.15, -0.1) is 11.3 Å². The van der Waals surface area contributed by atoms with Gasteiger partial charge in [-0.2, -0.15) is 0 Å². The molecule has 5 aromatic rings. The second-order valence-electron chi connectivity index (χ2n) is 7.73. The third kappa shape index (κ3) is 4.86. The average molecular weight is 510 g/mol. The molecule has 0 aliphatic heterocycles. The van der Waals surface area contributed by atoms with Gasteiger partial charge in [-0.1, -0.05) is 12.1 Å². The Kier molecular flexibility index (Phi) is 6.18. The molecule has 0 radical (unpaired) electrons. The molecule has 11 heteroatoms. The van der Waals surface area contributed by atoms with Gasteiger partial charge in [-0.3, -0.25) is 4.40 Å². The van der Waals surface area contributed by atoms with Gasteiger partial charge < -0.3 is 10.4 Å². The Morgan fingerprint density at radius 3 is 2.71 bits per heavy atom. The highest BCUT2D eigenvalue weighted by atomic mass is 32.2. The molecule has 5 rings (SSSR count). The molecule has 8 nitrogen and oxygen atoms in total. The number of nitrogens with zero attached hydrogens (tertiary/aromatic N) is 4. The third-order valence-corrected chi connectivity index (χ3v) is 7.90. The van der Waals surface area contributed by atoms with E-state index in [1.807, 2.05) is 22.0 Å². The molecule has 35 heavy (non-hydrogen) atoms. The quantitative estimate of drug-likeness (QED) is 0.232. The van der Waals surface area contributed by atoms with Crippen molar-refractivity contribution in [2.75, 3.05) is 17.6 Å². The molecule has 3 aromatic heterocycles. The zero-order chi connectivity index (χ0) is 24.4. The van der Waals surface area contributed by atoms with Crippen LogP contribution in [0.25, 0.3) is 27.6 Å². The van der Waals surface area contributed by atoms with Crippen LogP contribution in [-0.2, 0) is 9.84 Å². The minimum Gasteiger partial charge on any atom is -0.508 e. The lowest BCUT2D eigenvalue weighted by Crippen LogP contribution is -2.13. The average Bonchev–Trinajstić information content (AvgIpc) is 3.44. The van der Waals surface area contributed by atoms with Gasteiger partial charge in [0, 0.05) is 29.9 Å². The SMILES string of the molecule is O=S(=O)(CCCNc1nccc(-c2c(-c3cccc(O)c3)nc3sccn23)n1)c1ccc(F)cc1. The van der Waals surface area contributed by atoms with Gasteiger partial charge in [0.2, 0.25) is 5.95 Å². The van der Waals surface area contributed by atoms with Gasteiger partial charge in [0.15, 0.2) is 14.8 Å². The molecule has 0 amide bonds. The van der Waals surface area contributed by atoms with Gasteiger partial charge in [0.1, 0.15) is 17.3 Å². The topological polar surface area (TPSA) is 109 Å². The zero-order valence-electron chi connectivity index (χ0n) is 18.3. The Morgan fingerprint density at radius 2 is 1.91 bits per heavy atom. The van der Waals surface area contributed by atoms with Gasteiger partial charge in [-0.25, -0.2) is 27.8 Å². The molecule has 0 aliphatic rings. The maximum atomic E-state index is 13.1. The molecule has 0 aliphatic carbocycles. The summed E-state index contributed by atoms with van der Waals surface area (Å²) in [4.78, 5) is 14.5. The smallest absolute Gasteiger partial charge is 0.223 e. The number of hydrogen-bond donors (Lipinski definition) is 2. The number of fused-ring (bicyclic) bond motifs is 1. The second-order valence-corrected chi connectivity index (χ2v) is 10.7. The van der Waals surface area contributed by atoms with Crippen molar-refractivity contribution >= 4 is 32.1 Å². The molecule has 178 valence electrons. The van der Waals surface area contributed by atoms with Crippen LogP contribution < -0.4 is 5.32 Å². The molecular formula is C24H20FN5O3S2. The van der Waals surface area contributed by atoms with E-state index in [2.05, 4.69) is 15.3 Å². The van der Waals surface area contributed by atoms with Crippen LogP contribution in [0.15, 0.2) is 77.3 Å². The molecule has 0 fully saturated rings. The summed E-state index contributed by atoms with van der Waals surface area (Å²) in [6.07, 6.45) is 3.85. The van der Waals surface area contributed by atoms with Crippen LogP contribution in [0, 0.1) is 5.82 Å². The highest BCUT2D eigenvalue weighted by Crippen LogP contribution is 2.34. The van der Waals surface area contributed by atoms with E-state index >= 15 is 0 Å². The maximum absolute atomic E-state index is 13.1. The first-order chi connectivity index (χ1) is 16.9. The standard InChI is InChI=1S/C24H20FN5O3S2/c25-17-5-7-19(8-6-17)35(32,33)14-2-10-26-23-27-11-9-20(28-23)22-21(16-3-1-4-18(31)15-16)29-24-30(22)12-13-34-24/h1,3-9,11-13,15,31H,2,10,14H2,(H,26,27,28). The highest BCUT2D eigenvalue weighted by molar-refractivity contribution is 7.91. The number of anilines is 1. The summed E-state index contributed by atoms with van der Waals surface area (Å²) in [7, 11) is -3.51. The van der Waals surface area contributed by atoms with E-state index in [1.54, 1.807) is 30.5 Å². The lowest BCUT2D eigenvalue weighted by atomic mass is 10.1. The highest BCUT2D eigenvalue weighted by Gasteiger charge is 2.19.